The fraction of sp³-hybridized carbons (Fsp3) is 0.391. The highest BCUT2D eigenvalue weighted by molar-refractivity contribution is 9.10. The first-order valence-electron chi connectivity index (χ1n) is 9.94. The number of ether oxygens (including phenoxy) is 1. The molecule has 1 N–H and O–H groups in total. The van der Waals surface area contributed by atoms with E-state index in [1.165, 1.54) is 4.90 Å². The van der Waals surface area contributed by atoms with E-state index in [0.717, 1.165) is 22.0 Å². The molecular formula is C23H28BrClN2O3. The smallest absolute Gasteiger partial charge is 0.261 e. The molecule has 0 spiro atoms. The Bertz CT molecular complexity index is 873. The Kier molecular flexibility index (Phi) is 9.18. The van der Waals surface area contributed by atoms with Gasteiger partial charge >= 0.3 is 0 Å². The third kappa shape index (κ3) is 7.03. The zero-order chi connectivity index (χ0) is 22.3. The van der Waals surface area contributed by atoms with E-state index in [0.29, 0.717) is 17.3 Å². The van der Waals surface area contributed by atoms with Gasteiger partial charge in [-0.25, -0.2) is 0 Å². The lowest BCUT2D eigenvalue weighted by molar-refractivity contribution is -0.142. The Balaban J connectivity index is 2.16. The van der Waals surface area contributed by atoms with Gasteiger partial charge in [-0.05, 0) is 51.0 Å². The maximum atomic E-state index is 13.0. The number of halogens is 2. The highest BCUT2D eigenvalue weighted by Gasteiger charge is 2.27. The van der Waals surface area contributed by atoms with Crippen LogP contribution in [0.2, 0.25) is 5.02 Å². The number of carbonyl (C=O) groups is 2. The molecule has 7 heteroatoms. The standard InChI is InChI=1S/C23H28BrClN2O3/c1-5-16(3)26-23(29)17(4)27(13-18-8-6-15(2)7-9-18)22(28)14-30-21-11-10-19(24)12-20(21)25/h6-12,16-17H,5,13-14H2,1-4H3,(H,26,29)/t16-,17-/m0/s1. The molecule has 0 heterocycles. The Labute approximate surface area is 191 Å². The number of hydrogen-bond acceptors (Lipinski definition) is 3. The third-order valence-corrected chi connectivity index (χ3v) is 5.68. The highest BCUT2D eigenvalue weighted by atomic mass is 79.9. The normalized spacial score (nSPS) is 12.7. The van der Waals surface area contributed by atoms with Crippen molar-refractivity contribution in [3.8, 4) is 5.75 Å². The highest BCUT2D eigenvalue weighted by Crippen LogP contribution is 2.27. The number of aryl methyl sites for hydroxylation is 1. The molecule has 162 valence electrons. The second kappa shape index (κ2) is 11.4. The minimum Gasteiger partial charge on any atom is -0.482 e. The molecule has 0 aliphatic carbocycles. The summed E-state index contributed by atoms with van der Waals surface area (Å²) in [5.74, 6) is -0.0620. The van der Waals surface area contributed by atoms with Gasteiger partial charge in [0, 0.05) is 17.1 Å². The van der Waals surface area contributed by atoms with Crippen LogP contribution in [0, 0.1) is 6.92 Å². The predicted molar refractivity (Wildman–Crippen MR) is 124 cm³/mol. The second-order valence-electron chi connectivity index (χ2n) is 7.36. The summed E-state index contributed by atoms with van der Waals surface area (Å²) in [4.78, 5) is 27.3. The molecule has 5 nitrogen and oxygen atoms in total. The van der Waals surface area contributed by atoms with Crippen molar-refractivity contribution in [2.24, 2.45) is 0 Å². The van der Waals surface area contributed by atoms with Gasteiger partial charge in [-0.1, -0.05) is 64.3 Å². The molecule has 30 heavy (non-hydrogen) atoms. The molecule has 0 bridgehead atoms. The fourth-order valence-electron chi connectivity index (χ4n) is 2.75. The zero-order valence-electron chi connectivity index (χ0n) is 17.7. The van der Waals surface area contributed by atoms with E-state index in [-0.39, 0.29) is 24.5 Å². The second-order valence-corrected chi connectivity index (χ2v) is 8.69. The third-order valence-electron chi connectivity index (χ3n) is 4.89. The number of hydrogen-bond donors (Lipinski definition) is 1. The van der Waals surface area contributed by atoms with Crippen LogP contribution in [-0.2, 0) is 16.1 Å². The number of rotatable bonds is 9. The van der Waals surface area contributed by atoms with Crippen molar-refractivity contribution >= 4 is 39.3 Å². The van der Waals surface area contributed by atoms with E-state index in [2.05, 4.69) is 21.2 Å². The summed E-state index contributed by atoms with van der Waals surface area (Å²) in [5.41, 5.74) is 2.08. The fourth-order valence-corrected chi connectivity index (χ4v) is 3.48. The van der Waals surface area contributed by atoms with E-state index >= 15 is 0 Å². The average molecular weight is 496 g/mol. The van der Waals surface area contributed by atoms with E-state index in [1.54, 1.807) is 25.1 Å². The molecule has 2 amide bonds. The molecule has 0 aliphatic heterocycles. The zero-order valence-corrected chi connectivity index (χ0v) is 20.1. The van der Waals surface area contributed by atoms with Gasteiger partial charge in [0.1, 0.15) is 11.8 Å². The summed E-state index contributed by atoms with van der Waals surface area (Å²) in [5, 5.41) is 3.36. The van der Waals surface area contributed by atoms with Crippen LogP contribution < -0.4 is 10.1 Å². The van der Waals surface area contributed by atoms with Gasteiger partial charge in [0.15, 0.2) is 6.61 Å². The molecule has 0 fully saturated rings. The van der Waals surface area contributed by atoms with Gasteiger partial charge in [0.2, 0.25) is 5.91 Å². The molecule has 2 aromatic carbocycles. The van der Waals surface area contributed by atoms with Crippen molar-refractivity contribution in [3.05, 3.63) is 63.1 Å². The van der Waals surface area contributed by atoms with E-state index in [9.17, 15) is 9.59 Å². The molecule has 2 aromatic rings. The molecule has 0 saturated heterocycles. The van der Waals surface area contributed by atoms with Crippen LogP contribution in [0.3, 0.4) is 0 Å². The van der Waals surface area contributed by atoms with Gasteiger partial charge in [0.25, 0.3) is 5.91 Å². The first kappa shape index (κ1) is 24.2. The van der Waals surface area contributed by atoms with Crippen molar-refractivity contribution in [1.29, 1.82) is 0 Å². The lowest BCUT2D eigenvalue weighted by Crippen LogP contribution is -2.50. The molecular weight excluding hydrogens is 468 g/mol. The lowest BCUT2D eigenvalue weighted by atomic mass is 10.1. The molecule has 2 rings (SSSR count). The van der Waals surface area contributed by atoms with Crippen molar-refractivity contribution in [3.63, 3.8) is 0 Å². The number of carbonyl (C=O) groups excluding carboxylic acids is 2. The Morgan fingerprint density at radius 3 is 2.43 bits per heavy atom. The maximum Gasteiger partial charge on any atom is 0.261 e. The van der Waals surface area contributed by atoms with Crippen LogP contribution in [0.15, 0.2) is 46.9 Å². The van der Waals surface area contributed by atoms with Crippen molar-refractivity contribution in [1.82, 2.24) is 10.2 Å². The molecule has 0 unspecified atom stereocenters. The van der Waals surface area contributed by atoms with Crippen LogP contribution in [-0.4, -0.2) is 35.4 Å². The minimum absolute atomic E-state index is 0.0362. The Morgan fingerprint density at radius 2 is 1.83 bits per heavy atom. The van der Waals surface area contributed by atoms with Crippen molar-refractivity contribution in [2.45, 2.75) is 52.7 Å². The van der Waals surface area contributed by atoms with Gasteiger partial charge in [-0.15, -0.1) is 0 Å². The largest absolute Gasteiger partial charge is 0.482 e. The number of nitrogens with one attached hydrogen (secondary N) is 1. The van der Waals surface area contributed by atoms with E-state index in [4.69, 9.17) is 16.3 Å². The molecule has 0 aromatic heterocycles. The number of benzene rings is 2. The quantitative estimate of drug-likeness (QED) is 0.525. The van der Waals surface area contributed by atoms with Gasteiger partial charge in [-0.3, -0.25) is 9.59 Å². The van der Waals surface area contributed by atoms with Gasteiger partial charge in [0.05, 0.1) is 5.02 Å². The van der Waals surface area contributed by atoms with Crippen LogP contribution in [0.4, 0.5) is 0 Å². The SMILES string of the molecule is CC[C@H](C)NC(=O)[C@H](C)N(Cc1ccc(C)cc1)C(=O)COc1ccc(Br)cc1Cl. The van der Waals surface area contributed by atoms with Gasteiger partial charge < -0.3 is 15.0 Å². The molecule has 0 saturated carbocycles. The van der Waals surface area contributed by atoms with Crippen LogP contribution in [0.5, 0.6) is 5.75 Å². The van der Waals surface area contributed by atoms with Crippen LogP contribution in [0.1, 0.15) is 38.3 Å². The Hall–Kier alpha value is -2.05. The Morgan fingerprint density at radius 1 is 1.17 bits per heavy atom. The van der Waals surface area contributed by atoms with Crippen molar-refractivity contribution in [2.75, 3.05) is 6.61 Å². The monoisotopic (exact) mass is 494 g/mol. The van der Waals surface area contributed by atoms with Crippen LogP contribution in [0.25, 0.3) is 0 Å². The molecule has 0 radical (unpaired) electrons. The number of amides is 2. The van der Waals surface area contributed by atoms with Crippen molar-refractivity contribution < 1.29 is 14.3 Å². The molecule has 2 atom stereocenters. The molecule has 0 aliphatic rings. The van der Waals surface area contributed by atoms with Gasteiger partial charge in [-0.2, -0.15) is 0 Å². The minimum atomic E-state index is -0.642. The lowest BCUT2D eigenvalue weighted by Gasteiger charge is -2.29. The summed E-state index contributed by atoms with van der Waals surface area (Å²) in [6, 6.07) is 12.5. The van der Waals surface area contributed by atoms with E-state index < -0.39 is 6.04 Å². The first-order chi connectivity index (χ1) is 14.2. The predicted octanol–water partition coefficient (Wildman–Crippen LogP) is 5.12. The summed E-state index contributed by atoms with van der Waals surface area (Å²) < 4.78 is 6.47. The summed E-state index contributed by atoms with van der Waals surface area (Å²) in [6.45, 7) is 7.77. The summed E-state index contributed by atoms with van der Waals surface area (Å²) >= 11 is 9.52. The topological polar surface area (TPSA) is 58.6 Å². The number of nitrogens with zero attached hydrogens (tertiary/aromatic N) is 1. The van der Waals surface area contributed by atoms with Crippen LogP contribution >= 0.6 is 27.5 Å². The van der Waals surface area contributed by atoms with E-state index in [1.807, 2.05) is 45.0 Å². The average Bonchev–Trinajstić information content (AvgIpc) is 2.71. The summed E-state index contributed by atoms with van der Waals surface area (Å²) in [6.07, 6.45) is 0.815. The first-order valence-corrected chi connectivity index (χ1v) is 11.1. The summed E-state index contributed by atoms with van der Waals surface area (Å²) in [7, 11) is 0. The maximum absolute atomic E-state index is 13.0.